The highest BCUT2D eigenvalue weighted by atomic mass is 33.2. The zero-order valence-electron chi connectivity index (χ0n) is 8.08. The molecule has 0 saturated heterocycles. The summed E-state index contributed by atoms with van der Waals surface area (Å²) in [6.45, 7) is 0. The summed E-state index contributed by atoms with van der Waals surface area (Å²) in [6, 6.07) is 0. The van der Waals surface area contributed by atoms with Gasteiger partial charge in [-0.25, -0.2) is 16.8 Å². The molecule has 0 N–H and O–H groups in total. The maximum atomic E-state index is 10.1. The summed E-state index contributed by atoms with van der Waals surface area (Å²) in [6.07, 6.45) is 2.30. The third-order valence-electron chi connectivity index (χ3n) is 0.853. The molecule has 0 aliphatic rings. The average Bonchev–Trinajstić information content (AvgIpc) is 1.82. The molecule has 0 aliphatic heterocycles. The summed E-state index contributed by atoms with van der Waals surface area (Å²) in [5.41, 5.74) is 0. The van der Waals surface area contributed by atoms with E-state index in [2.05, 4.69) is 4.18 Å². The summed E-state index contributed by atoms with van der Waals surface area (Å²) in [7, 11) is -9.78. The maximum Gasteiger partial charge on any atom is 0.264 e. The number of hydrogen-bond donors (Lipinski definition) is 0. The zero-order valence-corrected chi connectivity index (χ0v) is 10.5. The first-order chi connectivity index (χ1) is 5.81. The lowest BCUT2D eigenvalue weighted by Gasteiger charge is -1.87. The van der Waals surface area contributed by atoms with Crippen LogP contribution in [0.2, 0.25) is 0 Å². The van der Waals surface area contributed by atoms with E-state index in [1.807, 2.05) is 0 Å². The molecule has 0 radical (unpaired) electrons. The van der Waals surface area contributed by atoms with Gasteiger partial charge in [0.25, 0.3) is 10.1 Å². The first-order valence-corrected chi connectivity index (χ1v) is 9.08. The second-order valence-corrected chi connectivity index (χ2v) is 10.5. The molecule has 0 aliphatic carbocycles. The van der Waals surface area contributed by atoms with Crippen LogP contribution in [-0.2, 0) is 32.0 Å². The SMILES string of the molecule is COS(C)(=O)=O.CS(=O)(=O)S(C)(=O)=O. The molecule has 0 amide bonds. The summed E-state index contributed by atoms with van der Waals surface area (Å²) in [5.74, 6) is 0. The Labute approximate surface area is 83.4 Å². The summed E-state index contributed by atoms with van der Waals surface area (Å²) < 4.78 is 63.7. The minimum absolute atomic E-state index is 0.655. The zero-order chi connectivity index (χ0) is 12.2. The monoisotopic (exact) mass is 268 g/mol. The molecule has 0 aromatic heterocycles. The molecule has 0 saturated carbocycles. The van der Waals surface area contributed by atoms with Crippen molar-refractivity contribution in [1.82, 2.24) is 0 Å². The molecular formula is C4H12O7S3. The van der Waals surface area contributed by atoms with Crippen LogP contribution in [0.1, 0.15) is 0 Å². The minimum atomic E-state index is -3.87. The molecule has 10 heteroatoms. The maximum absolute atomic E-state index is 10.1. The van der Waals surface area contributed by atoms with Gasteiger partial charge in [0.05, 0.1) is 25.9 Å². The van der Waals surface area contributed by atoms with Crippen LogP contribution in [0.25, 0.3) is 0 Å². The van der Waals surface area contributed by atoms with E-state index in [0.717, 1.165) is 13.4 Å². The highest BCUT2D eigenvalue weighted by molar-refractivity contribution is 8.66. The largest absolute Gasteiger partial charge is 0.274 e. The highest BCUT2D eigenvalue weighted by Gasteiger charge is 2.15. The van der Waals surface area contributed by atoms with Gasteiger partial charge in [-0.05, 0) is 0 Å². The Bertz CT molecular complexity index is 421. The number of hydrogen-bond acceptors (Lipinski definition) is 7. The fourth-order valence-electron chi connectivity index (χ4n) is 0. The van der Waals surface area contributed by atoms with E-state index >= 15 is 0 Å². The average molecular weight is 268 g/mol. The van der Waals surface area contributed by atoms with Gasteiger partial charge in [-0.2, -0.15) is 8.42 Å². The van der Waals surface area contributed by atoms with E-state index in [-0.39, 0.29) is 0 Å². The molecule has 0 atom stereocenters. The summed E-state index contributed by atoms with van der Waals surface area (Å²) >= 11 is 0. The van der Waals surface area contributed by atoms with Gasteiger partial charge in [-0.1, -0.05) is 0 Å². The van der Waals surface area contributed by atoms with Crippen LogP contribution in [-0.4, -0.2) is 51.1 Å². The lowest BCUT2D eigenvalue weighted by atomic mass is 11.8. The Morgan fingerprint density at radius 3 is 0.857 bits per heavy atom. The van der Waals surface area contributed by atoms with Crippen LogP contribution in [0.3, 0.4) is 0 Å². The van der Waals surface area contributed by atoms with Gasteiger partial charge in [0.1, 0.15) is 0 Å². The highest BCUT2D eigenvalue weighted by Crippen LogP contribution is 1.92. The predicted octanol–water partition coefficient (Wildman–Crippen LogP) is -1.42. The van der Waals surface area contributed by atoms with Crippen molar-refractivity contribution >= 4 is 27.9 Å². The normalized spacial score (nSPS) is 12.9. The minimum Gasteiger partial charge on any atom is -0.274 e. The molecule has 0 unspecified atom stereocenters. The van der Waals surface area contributed by atoms with E-state index in [9.17, 15) is 25.3 Å². The fraction of sp³-hybridized carbons (Fsp3) is 1.00. The summed E-state index contributed by atoms with van der Waals surface area (Å²) in [5, 5.41) is 0. The molecule has 0 aromatic carbocycles. The summed E-state index contributed by atoms with van der Waals surface area (Å²) in [4.78, 5) is 0. The Balaban J connectivity index is 0. The van der Waals surface area contributed by atoms with E-state index in [0.29, 0.717) is 12.5 Å². The molecule has 0 spiro atoms. The second-order valence-electron chi connectivity index (χ2n) is 2.28. The standard InChI is InChI=1S/C2H6O4S2.C2H6O3S/c1-7(3,4)8(2,5)6;1-5-6(2,3)4/h1-2H3;1-2H3. The third-order valence-corrected chi connectivity index (χ3v) is 5.86. The van der Waals surface area contributed by atoms with Crippen LogP contribution < -0.4 is 0 Å². The molecule has 0 fully saturated rings. The molecule has 0 aromatic rings. The van der Waals surface area contributed by atoms with E-state index in [4.69, 9.17) is 0 Å². The van der Waals surface area contributed by atoms with Crippen molar-refractivity contribution in [3.8, 4) is 0 Å². The topological polar surface area (TPSA) is 112 Å². The first-order valence-electron chi connectivity index (χ1n) is 2.97. The van der Waals surface area contributed by atoms with Crippen molar-refractivity contribution in [3.05, 3.63) is 0 Å². The van der Waals surface area contributed by atoms with Gasteiger partial charge < -0.3 is 0 Å². The van der Waals surface area contributed by atoms with Gasteiger partial charge in [-0.3, -0.25) is 4.18 Å². The van der Waals surface area contributed by atoms with E-state index in [1.165, 1.54) is 0 Å². The Hall–Kier alpha value is -0.190. The smallest absolute Gasteiger partial charge is 0.264 e. The quantitative estimate of drug-likeness (QED) is 0.446. The van der Waals surface area contributed by atoms with Crippen molar-refractivity contribution in [3.63, 3.8) is 0 Å². The fourth-order valence-corrected chi connectivity index (χ4v) is 0. The Morgan fingerprint density at radius 2 is 0.857 bits per heavy atom. The van der Waals surface area contributed by atoms with Gasteiger partial charge in [0.15, 0.2) is 0 Å². The van der Waals surface area contributed by atoms with Crippen molar-refractivity contribution in [2.24, 2.45) is 0 Å². The molecule has 7 nitrogen and oxygen atoms in total. The molecule has 14 heavy (non-hydrogen) atoms. The van der Waals surface area contributed by atoms with Gasteiger partial charge in [-0.15, -0.1) is 0 Å². The molecular weight excluding hydrogens is 256 g/mol. The van der Waals surface area contributed by atoms with Gasteiger partial charge >= 0.3 is 0 Å². The first kappa shape index (κ1) is 16.2. The van der Waals surface area contributed by atoms with Crippen molar-refractivity contribution in [2.45, 2.75) is 0 Å². The molecule has 0 rings (SSSR count). The number of rotatable bonds is 2. The van der Waals surface area contributed by atoms with Crippen molar-refractivity contribution < 1.29 is 29.4 Å². The van der Waals surface area contributed by atoms with E-state index < -0.39 is 27.9 Å². The van der Waals surface area contributed by atoms with Crippen LogP contribution in [0, 0.1) is 0 Å². The van der Waals surface area contributed by atoms with Gasteiger partial charge in [0, 0.05) is 0 Å². The van der Waals surface area contributed by atoms with Crippen molar-refractivity contribution in [1.29, 1.82) is 0 Å². The lowest BCUT2D eigenvalue weighted by molar-refractivity contribution is 0.403. The van der Waals surface area contributed by atoms with Crippen LogP contribution in [0.5, 0.6) is 0 Å². The van der Waals surface area contributed by atoms with Crippen LogP contribution in [0.15, 0.2) is 0 Å². The van der Waals surface area contributed by atoms with Crippen LogP contribution >= 0.6 is 0 Å². The predicted molar refractivity (Wildman–Crippen MR) is 51.5 cm³/mol. The Kier molecular flexibility index (Phi) is 5.86. The Morgan fingerprint density at radius 1 is 0.714 bits per heavy atom. The van der Waals surface area contributed by atoms with Crippen LogP contribution in [0.4, 0.5) is 0 Å². The molecule has 88 valence electrons. The third kappa shape index (κ3) is 9.89. The van der Waals surface area contributed by atoms with Gasteiger partial charge in [0.2, 0.25) is 17.7 Å². The lowest BCUT2D eigenvalue weighted by Crippen LogP contribution is -2.10. The second kappa shape index (κ2) is 5.05. The van der Waals surface area contributed by atoms with E-state index in [1.54, 1.807) is 0 Å². The molecule has 0 bridgehead atoms. The molecule has 0 heterocycles. The van der Waals surface area contributed by atoms with Crippen molar-refractivity contribution in [2.75, 3.05) is 25.9 Å².